The largest absolute Gasteiger partial charge is 0.492 e. The Bertz CT molecular complexity index is 824. The summed E-state index contributed by atoms with van der Waals surface area (Å²) in [5.41, 5.74) is 2.40. The van der Waals surface area contributed by atoms with E-state index in [2.05, 4.69) is 51.8 Å². The van der Waals surface area contributed by atoms with E-state index in [0.717, 1.165) is 49.1 Å². The molecule has 0 fully saturated rings. The lowest BCUT2D eigenvalue weighted by Gasteiger charge is -2.17. The molecule has 1 heterocycles. The van der Waals surface area contributed by atoms with E-state index < -0.39 is 0 Å². The average Bonchev–Trinajstić information content (AvgIpc) is 3.21. The lowest BCUT2D eigenvalue weighted by molar-refractivity contribution is 0.150. The molecule has 8 heteroatoms. The van der Waals surface area contributed by atoms with Gasteiger partial charge in [-0.15, -0.1) is 24.0 Å². The quantitative estimate of drug-likeness (QED) is 0.253. The van der Waals surface area contributed by atoms with Crippen LogP contribution in [0, 0.1) is 0 Å². The van der Waals surface area contributed by atoms with Crippen LogP contribution in [-0.2, 0) is 17.7 Å². The predicted molar refractivity (Wildman–Crippen MR) is 139 cm³/mol. The molecule has 0 amide bonds. The third-order valence-electron chi connectivity index (χ3n) is 5.21. The van der Waals surface area contributed by atoms with Crippen LogP contribution in [0.15, 0.2) is 53.5 Å². The number of methoxy groups -OCH3 is 1. The first-order chi connectivity index (χ1) is 15.2. The molecule has 0 aliphatic carbocycles. The molecule has 1 aliphatic rings. The van der Waals surface area contributed by atoms with Gasteiger partial charge >= 0.3 is 0 Å². The number of para-hydroxylation sites is 1. The zero-order valence-electron chi connectivity index (χ0n) is 19.2. The number of ether oxygens (including phenoxy) is 3. The summed E-state index contributed by atoms with van der Waals surface area (Å²) in [5.74, 6) is 2.61. The van der Waals surface area contributed by atoms with Gasteiger partial charge in [-0.05, 0) is 36.4 Å². The number of hydrogen-bond donors (Lipinski definition) is 2. The second-order valence-electron chi connectivity index (χ2n) is 7.65. The van der Waals surface area contributed by atoms with Crippen molar-refractivity contribution in [1.29, 1.82) is 0 Å². The number of hydrogen-bond acceptors (Lipinski definition) is 5. The summed E-state index contributed by atoms with van der Waals surface area (Å²) in [6.45, 7) is 4.49. The molecule has 0 radical (unpaired) electrons. The standard InChI is InChI=1S/C24H34N4O3.HI/c1-25-24(27-18-22-16-20-8-4-5-10-23(20)31-22)26-17-19-7-6-9-21(15-19)30-14-12-28(2)11-13-29-3;/h4-10,15,22H,11-14,16-18H2,1-3H3,(H2,25,26,27);1H. The van der Waals surface area contributed by atoms with Crippen LogP contribution in [0.2, 0.25) is 0 Å². The maximum Gasteiger partial charge on any atom is 0.191 e. The number of benzene rings is 2. The monoisotopic (exact) mass is 554 g/mol. The Labute approximate surface area is 208 Å². The number of nitrogens with zero attached hydrogens (tertiary/aromatic N) is 2. The molecule has 0 aromatic heterocycles. The van der Waals surface area contributed by atoms with E-state index >= 15 is 0 Å². The van der Waals surface area contributed by atoms with Gasteiger partial charge in [0, 0.05) is 40.2 Å². The van der Waals surface area contributed by atoms with Crippen molar-refractivity contribution in [2.24, 2.45) is 4.99 Å². The number of likely N-dealkylation sites (N-methyl/N-ethyl adjacent to an activating group) is 1. The van der Waals surface area contributed by atoms with Gasteiger partial charge in [0.2, 0.25) is 0 Å². The molecule has 2 N–H and O–H groups in total. The van der Waals surface area contributed by atoms with E-state index in [1.54, 1.807) is 14.2 Å². The third-order valence-corrected chi connectivity index (χ3v) is 5.21. The Hall–Kier alpha value is -2.04. The zero-order valence-corrected chi connectivity index (χ0v) is 21.5. The van der Waals surface area contributed by atoms with Gasteiger partial charge in [-0.3, -0.25) is 4.99 Å². The van der Waals surface area contributed by atoms with Crippen molar-refractivity contribution in [3.63, 3.8) is 0 Å². The van der Waals surface area contributed by atoms with Gasteiger partial charge in [0.25, 0.3) is 0 Å². The lowest BCUT2D eigenvalue weighted by Crippen LogP contribution is -2.41. The number of halogens is 1. The van der Waals surface area contributed by atoms with Crippen LogP contribution in [-0.4, -0.2) is 71.0 Å². The Balaban J connectivity index is 0.00000363. The van der Waals surface area contributed by atoms with Gasteiger partial charge in [0.1, 0.15) is 24.2 Å². The van der Waals surface area contributed by atoms with Crippen LogP contribution >= 0.6 is 24.0 Å². The van der Waals surface area contributed by atoms with Crippen LogP contribution in [0.4, 0.5) is 0 Å². The number of fused-ring (bicyclic) bond motifs is 1. The van der Waals surface area contributed by atoms with E-state index in [1.807, 2.05) is 24.3 Å². The first-order valence-corrected chi connectivity index (χ1v) is 10.8. The van der Waals surface area contributed by atoms with Gasteiger partial charge in [-0.25, -0.2) is 0 Å². The maximum absolute atomic E-state index is 5.98. The third kappa shape index (κ3) is 8.48. The molecule has 0 saturated carbocycles. The number of rotatable bonds is 11. The smallest absolute Gasteiger partial charge is 0.191 e. The summed E-state index contributed by atoms with van der Waals surface area (Å²) < 4.78 is 17.0. The summed E-state index contributed by atoms with van der Waals surface area (Å²) in [7, 11) is 5.56. The molecule has 0 saturated heterocycles. The van der Waals surface area contributed by atoms with Crippen LogP contribution in [0.25, 0.3) is 0 Å². The highest BCUT2D eigenvalue weighted by atomic mass is 127. The molecule has 7 nitrogen and oxygen atoms in total. The molecule has 0 spiro atoms. The molecule has 1 atom stereocenters. The summed E-state index contributed by atoms with van der Waals surface area (Å²) in [4.78, 5) is 6.51. The SMILES string of the molecule is CN=C(NCc1cccc(OCCN(C)CCOC)c1)NCC1Cc2ccccc2O1.I. The van der Waals surface area contributed by atoms with Gasteiger partial charge < -0.3 is 29.7 Å². The number of aliphatic imine (C=N–C) groups is 1. The highest BCUT2D eigenvalue weighted by Crippen LogP contribution is 2.27. The average molecular weight is 554 g/mol. The minimum absolute atomic E-state index is 0. The van der Waals surface area contributed by atoms with Crippen LogP contribution < -0.4 is 20.1 Å². The van der Waals surface area contributed by atoms with Crippen molar-refractivity contribution in [3.05, 3.63) is 59.7 Å². The second kappa shape index (κ2) is 14.2. The topological polar surface area (TPSA) is 67.4 Å². The van der Waals surface area contributed by atoms with Crippen molar-refractivity contribution in [2.75, 3.05) is 54.1 Å². The van der Waals surface area contributed by atoms with Crippen molar-refractivity contribution in [3.8, 4) is 11.5 Å². The lowest BCUT2D eigenvalue weighted by atomic mass is 10.1. The van der Waals surface area contributed by atoms with Crippen molar-refractivity contribution >= 4 is 29.9 Å². The van der Waals surface area contributed by atoms with Crippen LogP contribution in [0.3, 0.4) is 0 Å². The Morgan fingerprint density at radius 3 is 2.72 bits per heavy atom. The Kier molecular flexibility index (Phi) is 11.6. The van der Waals surface area contributed by atoms with Crippen molar-refractivity contribution < 1.29 is 14.2 Å². The summed E-state index contributed by atoms with van der Waals surface area (Å²) >= 11 is 0. The number of nitrogens with one attached hydrogen (secondary N) is 2. The normalized spacial score (nSPS) is 15.0. The van der Waals surface area contributed by atoms with E-state index in [9.17, 15) is 0 Å². The fourth-order valence-electron chi connectivity index (χ4n) is 3.41. The highest BCUT2D eigenvalue weighted by molar-refractivity contribution is 14.0. The Morgan fingerprint density at radius 2 is 1.94 bits per heavy atom. The molecule has 32 heavy (non-hydrogen) atoms. The second-order valence-corrected chi connectivity index (χ2v) is 7.65. The Morgan fingerprint density at radius 1 is 1.12 bits per heavy atom. The summed E-state index contributed by atoms with van der Waals surface area (Å²) in [5, 5.41) is 6.72. The van der Waals surface area contributed by atoms with Gasteiger partial charge in [-0.1, -0.05) is 30.3 Å². The van der Waals surface area contributed by atoms with Gasteiger partial charge in [0.05, 0.1) is 13.2 Å². The molecule has 3 rings (SSSR count). The number of guanidine groups is 1. The molecular formula is C24H35IN4O3. The molecule has 2 aromatic carbocycles. The summed E-state index contributed by atoms with van der Waals surface area (Å²) in [6, 6.07) is 16.3. The molecule has 1 aliphatic heterocycles. The van der Waals surface area contributed by atoms with E-state index in [0.29, 0.717) is 19.7 Å². The fourth-order valence-corrected chi connectivity index (χ4v) is 3.41. The highest BCUT2D eigenvalue weighted by Gasteiger charge is 2.22. The molecule has 1 unspecified atom stereocenters. The fraction of sp³-hybridized carbons (Fsp3) is 0.458. The van der Waals surface area contributed by atoms with Crippen LogP contribution in [0.1, 0.15) is 11.1 Å². The predicted octanol–water partition coefficient (Wildman–Crippen LogP) is 2.93. The first kappa shape index (κ1) is 26.2. The summed E-state index contributed by atoms with van der Waals surface area (Å²) in [6.07, 6.45) is 1.04. The van der Waals surface area contributed by atoms with Crippen LogP contribution in [0.5, 0.6) is 11.5 Å². The van der Waals surface area contributed by atoms with Gasteiger partial charge in [0.15, 0.2) is 5.96 Å². The molecule has 2 aromatic rings. The van der Waals surface area contributed by atoms with E-state index in [4.69, 9.17) is 14.2 Å². The van der Waals surface area contributed by atoms with E-state index in [1.165, 1.54) is 5.56 Å². The minimum atomic E-state index is 0. The molecule has 176 valence electrons. The maximum atomic E-state index is 5.98. The molecule has 0 bridgehead atoms. The van der Waals surface area contributed by atoms with E-state index in [-0.39, 0.29) is 30.1 Å². The minimum Gasteiger partial charge on any atom is -0.492 e. The van der Waals surface area contributed by atoms with Crippen molar-refractivity contribution in [2.45, 2.75) is 19.1 Å². The van der Waals surface area contributed by atoms with Gasteiger partial charge in [-0.2, -0.15) is 0 Å². The zero-order chi connectivity index (χ0) is 21.9. The first-order valence-electron chi connectivity index (χ1n) is 10.8. The molecular weight excluding hydrogens is 519 g/mol. The van der Waals surface area contributed by atoms with Crippen molar-refractivity contribution in [1.82, 2.24) is 15.5 Å².